The Labute approximate surface area is 120 Å². The van der Waals surface area contributed by atoms with E-state index in [1.807, 2.05) is 41.1 Å². The summed E-state index contributed by atoms with van der Waals surface area (Å²) in [4.78, 5) is 16.9. The summed E-state index contributed by atoms with van der Waals surface area (Å²) >= 11 is 1.55. The van der Waals surface area contributed by atoms with Crippen molar-refractivity contribution < 1.29 is 4.79 Å². The van der Waals surface area contributed by atoms with Crippen LogP contribution in [0.4, 0.5) is 11.5 Å². The maximum absolute atomic E-state index is 12.4. The molecular formula is C15H13N3OS. The highest BCUT2D eigenvalue weighted by atomic mass is 32.1. The molecule has 1 amide bonds. The van der Waals surface area contributed by atoms with Gasteiger partial charge in [0.05, 0.1) is 16.8 Å². The number of carbonyl (C=O) groups excluding carboxylic acids is 1. The predicted octanol–water partition coefficient (Wildman–Crippen LogP) is 3.59. The number of fused-ring (bicyclic) bond motifs is 1. The number of amides is 1. The maximum atomic E-state index is 12.4. The first-order chi connectivity index (χ1) is 9.78. The molecule has 4 nitrogen and oxygen atoms in total. The molecule has 3 aromatic rings. The maximum Gasteiger partial charge on any atom is 0.256 e. The Hall–Kier alpha value is -2.40. The van der Waals surface area contributed by atoms with Gasteiger partial charge in [0.2, 0.25) is 0 Å². The molecule has 2 N–H and O–H groups in total. The molecular weight excluding hydrogens is 270 g/mol. The van der Waals surface area contributed by atoms with Crippen LogP contribution < -0.4 is 10.6 Å². The van der Waals surface area contributed by atoms with E-state index in [0.717, 1.165) is 16.6 Å². The van der Waals surface area contributed by atoms with Gasteiger partial charge in [0.25, 0.3) is 5.91 Å². The molecule has 20 heavy (non-hydrogen) atoms. The van der Waals surface area contributed by atoms with Gasteiger partial charge in [-0.1, -0.05) is 18.2 Å². The minimum absolute atomic E-state index is 0.126. The van der Waals surface area contributed by atoms with Crippen LogP contribution in [-0.4, -0.2) is 17.9 Å². The summed E-state index contributed by atoms with van der Waals surface area (Å²) < 4.78 is 0. The van der Waals surface area contributed by atoms with Crippen molar-refractivity contribution in [2.45, 2.75) is 0 Å². The van der Waals surface area contributed by atoms with Crippen LogP contribution in [0.2, 0.25) is 0 Å². The van der Waals surface area contributed by atoms with Crippen molar-refractivity contribution in [1.29, 1.82) is 0 Å². The van der Waals surface area contributed by atoms with Gasteiger partial charge in [0.1, 0.15) is 5.82 Å². The van der Waals surface area contributed by atoms with Crippen LogP contribution in [-0.2, 0) is 0 Å². The van der Waals surface area contributed by atoms with E-state index in [2.05, 4.69) is 15.6 Å². The fourth-order valence-electron chi connectivity index (χ4n) is 2.03. The molecule has 100 valence electrons. The highest BCUT2D eigenvalue weighted by molar-refractivity contribution is 7.08. The molecule has 5 heteroatoms. The number of nitrogens with one attached hydrogen (secondary N) is 2. The summed E-state index contributed by atoms with van der Waals surface area (Å²) in [6.45, 7) is 0. The number of nitrogens with zero attached hydrogens (tertiary/aromatic N) is 1. The van der Waals surface area contributed by atoms with E-state index < -0.39 is 0 Å². The van der Waals surface area contributed by atoms with E-state index >= 15 is 0 Å². The summed E-state index contributed by atoms with van der Waals surface area (Å²) in [6, 6.07) is 11.3. The van der Waals surface area contributed by atoms with Crippen LogP contribution in [0.25, 0.3) is 10.9 Å². The topological polar surface area (TPSA) is 54.0 Å². The van der Waals surface area contributed by atoms with Gasteiger partial charge in [-0.05, 0) is 23.6 Å². The lowest BCUT2D eigenvalue weighted by atomic mass is 10.1. The van der Waals surface area contributed by atoms with E-state index in [9.17, 15) is 4.79 Å². The molecule has 0 bridgehead atoms. The number of carbonyl (C=O) groups is 1. The van der Waals surface area contributed by atoms with Crippen LogP contribution >= 0.6 is 11.3 Å². The Morgan fingerprint density at radius 2 is 2.10 bits per heavy atom. The van der Waals surface area contributed by atoms with Gasteiger partial charge in [0.15, 0.2) is 0 Å². The third kappa shape index (κ3) is 2.35. The second-order valence-electron chi connectivity index (χ2n) is 4.29. The SMILES string of the molecule is CNc1cc(C(=O)Nc2ccsc2)c2ccccc2n1. The summed E-state index contributed by atoms with van der Waals surface area (Å²) in [7, 11) is 1.79. The quantitative estimate of drug-likeness (QED) is 0.772. The summed E-state index contributed by atoms with van der Waals surface area (Å²) in [5, 5.41) is 10.6. The predicted molar refractivity (Wildman–Crippen MR) is 83.6 cm³/mol. The Bertz CT molecular complexity index is 753. The second kappa shape index (κ2) is 5.30. The number of anilines is 2. The summed E-state index contributed by atoms with van der Waals surface area (Å²) in [6.07, 6.45) is 0. The molecule has 1 aromatic carbocycles. The number of para-hydroxylation sites is 1. The third-order valence-electron chi connectivity index (χ3n) is 3.00. The minimum atomic E-state index is -0.126. The van der Waals surface area contributed by atoms with Crippen LogP contribution in [0.15, 0.2) is 47.2 Å². The number of hydrogen-bond donors (Lipinski definition) is 2. The molecule has 0 unspecified atom stereocenters. The lowest BCUT2D eigenvalue weighted by molar-refractivity contribution is 0.102. The first-order valence-corrected chi connectivity index (χ1v) is 7.13. The van der Waals surface area contributed by atoms with Crippen molar-refractivity contribution in [3.8, 4) is 0 Å². The average molecular weight is 283 g/mol. The molecule has 0 radical (unpaired) electrons. The Kier molecular flexibility index (Phi) is 3.35. The van der Waals surface area contributed by atoms with Gasteiger partial charge in [-0.2, -0.15) is 11.3 Å². The number of thiophene rings is 1. The zero-order chi connectivity index (χ0) is 13.9. The van der Waals surface area contributed by atoms with Gasteiger partial charge in [-0.25, -0.2) is 4.98 Å². The molecule has 0 fully saturated rings. The van der Waals surface area contributed by atoms with Crippen LogP contribution in [0.5, 0.6) is 0 Å². The van der Waals surface area contributed by atoms with Crippen molar-refractivity contribution in [3.05, 3.63) is 52.7 Å². The molecule has 0 saturated carbocycles. The first-order valence-electron chi connectivity index (χ1n) is 6.19. The molecule has 0 saturated heterocycles. The van der Waals surface area contributed by atoms with E-state index in [-0.39, 0.29) is 5.91 Å². The second-order valence-corrected chi connectivity index (χ2v) is 5.07. The van der Waals surface area contributed by atoms with Gasteiger partial charge in [-0.3, -0.25) is 4.79 Å². The molecule has 2 aromatic heterocycles. The Morgan fingerprint density at radius 1 is 1.25 bits per heavy atom. The van der Waals surface area contributed by atoms with Gasteiger partial charge in [-0.15, -0.1) is 0 Å². The Morgan fingerprint density at radius 3 is 2.85 bits per heavy atom. The third-order valence-corrected chi connectivity index (χ3v) is 3.68. The summed E-state index contributed by atoms with van der Waals surface area (Å²) in [5.74, 6) is 0.553. The number of hydrogen-bond acceptors (Lipinski definition) is 4. The molecule has 0 aliphatic rings. The van der Waals surface area contributed by atoms with Crippen LogP contribution in [0.3, 0.4) is 0 Å². The monoisotopic (exact) mass is 283 g/mol. The largest absolute Gasteiger partial charge is 0.373 e. The standard InChI is InChI=1S/C15H13N3OS/c1-16-14-8-12(11-4-2-3-5-13(11)18-14)15(19)17-10-6-7-20-9-10/h2-9H,1H3,(H,16,18)(H,17,19). The van der Waals surface area contributed by atoms with Crippen LogP contribution in [0.1, 0.15) is 10.4 Å². The average Bonchev–Trinajstić information content (AvgIpc) is 2.98. The molecule has 0 aliphatic heterocycles. The van der Waals surface area contributed by atoms with Gasteiger partial charge in [0, 0.05) is 17.8 Å². The summed E-state index contributed by atoms with van der Waals surface area (Å²) in [5.41, 5.74) is 2.23. The highest BCUT2D eigenvalue weighted by Crippen LogP contribution is 2.22. The minimum Gasteiger partial charge on any atom is -0.373 e. The van der Waals surface area contributed by atoms with Crippen molar-refractivity contribution in [1.82, 2.24) is 4.98 Å². The highest BCUT2D eigenvalue weighted by Gasteiger charge is 2.12. The zero-order valence-electron chi connectivity index (χ0n) is 10.9. The van der Waals surface area contributed by atoms with Crippen molar-refractivity contribution in [3.63, 3.8) is 0 Å². The molecule has 3 rings (SSSR count). The van der Waals surface area contributed by atoms with Crippen molar-refractivity contribution in [2.75, 3.05) is 17.7 Å². The molecule has 2 heterocycles. The number of rotatable bonds is 3. The fourth-order valence-corrected chi connectivity index (χ4v) is 2.61. The van der Waals surface area contributed by atoms with Gasteiger partial charge < -0.3 is 10.6 Å². The normalized spacial score (nSPS) is 10.4. The lowest BCUT2D eigenvalue weighted by Gasteiger charge is -2.09. The smallest absolute Gasteiger partial charge is 0.256 e. The molecule has 0 aliphatic carbocycles. The number of benzene rings is 1. The fraction of sp³-hybridized carbons (Fsp3) is 0.0667. The van der Waals surface area contributed by atoms with E-state index in [0.29, 0.717) is 11.4 Å². The molecule has 0 atom stereocenters. The first kappa shape index (κ1) is 12.6. The van der Waals surface area contributed by atoms with Crippen molar-refractivity contribution >= 4 is 39.7 Å². The lowest BCUT2D eigenvalue weighted by Crippen LogP contribution is -2.12. The van der Waals surface area contributed by atoms with E-state index in [4.69, 9.17) is 0 Å². The molecule has 0 spiro atoms. The zero-order valence-corrected chi connectivity index (χ0v) is 11.7. The van der Waals surface area contributed by atoms with Gasteiger partial charge >= 0.3 is 0 Å². The number of aromatic nitrogens is 1. The van der Waals surface area contributed by atoms with Crippen molar-refractivity contribution in [2.24, 2.45) is 0 Å². The Balaban J connectivity index is 2.07. The van der Waals surface area contributed by atoms with E-state index in [1.54, 1.807) is 24.5 Å². The van der Waals surface area contributed by atoms with E-state index in [1.165, 1.54) is 0 Å². The number of pyridine rings is 1. The van der Waals surface area contributed by atoms with Crippen LogP contribution in [0, 0.1) is 0 Å².